The molecule has 0 aliphatic rings. The standard InChI is InChI=1S/C7H18N2O2S/c1-6(10)8-12(5,11)9-7(2,3)4/h12H,1-5H3,(H2,8,9,10,11). The van der Waals surface area contributed by atoms with Crippen molar-refractivity contribution in [3.05, 3.63) is 0 Å². The monoisotopic (exact) mass is 194 g/mol. The van der Waals surface area contributed by atoms with E-state index in [9.17, 15) is 9.00 Å². The van der Waals surface area contributed by atoms with E-state index in [1.807, 2.05) is 20.8 Å². The van der Waals surface area contributed by atoms with E-state index in [1.165, 1.54) is 13.2 Å². The second-order valence-corrected chi connectivity index (χ2v) is 6.25. The predicted molar refractivity (Wildman–Crippen MR) is 52.2 cm³/mol. The molecule has 0 aromatic carbocycles. The van der Waals surface area contributed by atoms with E-state index in [4.69, 9.17) is 0 Å². The first-order valence-electron chi connectivity index (χ1n) is 3.78. The van der Waals surface area contributed by atoms with Crippen molar-refractivity contribution < 1.29 is 9.00 Å². The lowest BCUT2D eigenvalue weighted by atomic mass is 10.1. The van der Waals surface area contributed by atoms with Crippen LogP contribution < -0.4 is 9.44 Å². The molecule has 4 nitrogen and oxygen atoms in total. The summed E-state index contributed by atoms with van der Waals surface area (Å²) in [6.07, 6.45) is 1.50. The van der Waals surface area contributed by atoms with Crippen LogP contribution >= 0.6 is 0 Å². The van der Waals surface area contributed by atoms with Gasteiger partial charge in [-0.3, -0.25) is 13.7 Å². The fraction of sp³-hybridized carbons (Fsp3) is 0.857. The van der Waals surface area contributed by atoms with Crippen LogP contribution in [0.25, 0.3) is 0 Å². The first-order chi connectivity index (χ1) is 5.12. The van der Waals surface area contributed by atoms with Crippen molar-refractivity contribution in [2.45, 2.75) is 33.2 Å². The third-order valence-corrected chi connectivity index (χ3v) is 2.76. The molecule has 0 rings (SSSR count). The lowest BCUT2D eigenvalue weighted by Crippen LogP contribution is -2.52. The van der Waals surface area contributed by atoms with Crippen molar-refractivity contribution in [2.75, 3.05) is 6.26 Å². The van der Waals surface area contributed by atoms with Crippen LogP contribution in [0.3, 0.4) is 0 Å². The number of carbonyl (C=O) groups excluding carboxylic acids is 1. The van der Waals surface area contributed by atoms with Crippen LogP contribution in [-0.4, -0.2) is 21.9 Å². The van der Waals surface area contributed by atoms with Gasteiger partial charge in [0.2, 0.25) is 5.91 Å². The largest absolute Gasteiger partial charge is 0.287 e. The van der Waals surface area contributed by atoms with E-state index in [2.05, 4.69) is 9.44 Å². The van der Waals surface area contributed by atoms with Gasteiger partial charge in [0.1, 0.15) is 0 Å². The zero-order valence-electron chi connectivity index (χ0n) is 8.26. The van der Waals surface area contributed by atoms with Crippen LogP contribution in [0.2, 0.25) is 0 Å². The van der Waals surface area contributed by atoms with Crippen molar-refractivity contribution in [2.24, 2.45) is 0 Å². The Hall–Kier alpha value is -0.420. The van der Waals surface area contributed by atoms with E-state index in [0.717, 1.165) is 0 Å². The van der Waals surface area contributed by atoms with E-state index in [-0.39, 0.29) is 11.4 Å². The van der Waals surface area contributed by atoms with Gasteiger partial charge in [-0.1, -0.05) is 0 Å². The van der Waals surface area contributed by atoms with Crippen LogP contribution in [0, 0.1) is 0 Å². The third-order valence-electron chi connectivity index (χ3n) is 0.920. The first kappa shape index (κ1) is 11.6. The molecule has 12 heavy (non-hydrogen) atoms. The van der Waals surface area contributed by atoms with Crippen LogP contribution in [0.5, 0.6) is 0 Å². The number of thiol groups is 1. The molecule has 2 N–H and O–H groups in total. The summed E-state index contributed by atoms with van der Waals surface area (Å²) in [7, 11) is -2.72. The summed E-state index contributed by atoms with van der Waals surface area (Å²) in [5, 5.41) is 0. The summed E-state index contributed by atoms with van der Waals surface area (Å²) < 4.78 is 16.8. The predicted octanol–water partition coefficient (Wildman–Crippen LogP) is -0.0129. The number of carbonyl (C=O) groups is 1. The second-order valence-electron chi connectivity index (χ2n) is 3.95. The number of amides is 1. The molecule has 5 heteroatoms. The van der Waals surface area contributed by atoms with Crippen LogP contribution in [0.1, 0.15) is 27.7 Å². The van der Waals surface area contributed by atoms with Crippen LogP contribution in [0.4, 0.5) is 0 Å². The minimum atomic E-state index is -2.72. The minimum Gasteiger partial charge on any atom is -0.287 e. The lowest BCUT2D eigenvalue weighted by Gasteiger charge is -2.30. The van der Waals surface area contributed by atoms with Crippen molar-refractivity contribution in [1.29, 1.82) is 0 Å². The smallest absolute Gasteiger partial charge is 0.227 e. The molecule has 0 unspecified atom stereocenters. The highest BCUT2D eigenvalue weighted by Crippen LogP contribution is 2.03. The van der Waals surface area contributed by atoms with E-state index < -0.39 is 10.3 Å². The average molecular weight is 194 g/mol. The molecule has 0 spiro atoms. The summed E-state index contributed by atoms with van der Waals surface area (Å²) in [6.45, 7) is 7.03. The Kier molecular flexibility index (Phi) is 3.41. The number of hydrogen-bond donors (Lipinski definition) is 3. The molecule has 0 atom stereocenters. The zero-order valence-corrected chi connectivity index (χ0v) is 9.16. The third kappa shape index (κ3) is 6.30. The van der Waals surface area contributed by atoms with Crippen molar-refractivity contribution >= 4 is 16.2 Å². The Morgan fingerprint density at radius 2 is 1.75 bits per heavy atom. The molecular formula is C7H18N2O2S. The molecule has 0 bridgehead atoms. The molecule has 0 fully saturated rings. The Balaban J connectivity index is 4.24. The maximum Gasteiger partial charge on any atom is 0.227 e. The van der Waals surface area contributed by atoms with Gasteiger partial charge in [0, 0.05) is 29.0 Å². The van der Waals surface area contributed by atoms with Crippen molar-refractivity contribution in [1.82, 2.24) is 9.44 Å². The van der Waals surface area contributed by atoms with E-state index in [0.29, 0.717) is 0 Å². The number of nitrogens with one attached hydrogen (secondary N) is 2. The van der Waals surface area contributed by atoms with Gasteiger partial charge in [0.15, 0.2) is 0 Å². The molecule has 0 aromatic heterocycles. The normalized spacial score (nSPS) is 14.1. The van der Waals surface area contributed by atoms with Gasteiger partial charge in [-0.2, -0.15) is 0 Å². The quantitative estimate of drug-likeness (QED) is 0.541. The molecule has 1 amide bonds. The fourth-order valence-corrected chi connectivity index (χ4v) is 2.91. The Morgan fingerprint density at radius 3 is 2.00 bits per heavy atom. The number of hydrogen-bond acceptors (Lipinski definition) is 2. The SMILES string of the molecule is CC(=O)N[SH](C)(=O)NC(C)(C)C. The summed E-state index contributed by atoms with van der Waals surface area (Å²) in [5.74, 6) is -0.280. The van der Waals surface area contributed by atoms with Gasteiger partial charge in [-0.05, 0) is 20.8 Å². The van der Waals surface area contributed by atoms with E-state index in [1.54, 1.807) is 0 Å². The maximum absolute atomic E-state index is 11.6. The molecule has 0 aliphatic heterocycles. The molecule has 0 heterocycles. The van der Waals surface area contributed by atoms with Crippen molar-refractivity contribution in [3.63, 3.8) is 0 Å². The van der Waals surface area contributed by atoms with Crippen LogP contribution in [0.15, 0.2) is 0 Å². The molecule has 0 aromatic rings. The van der Waals surface area contributed by atoms with Gasteiger partial charge < -0.3 is 0 Å². The molecule has 0 saturated heterocycles. The lowest BCUT2D eigenvalue weighted by molar-refractivity contribution is -0.117. The van der Waals surface area contributed by atoms with Gasteiger partial charge in [0.05, 0.1) is 0 Å². The first-order valence-corrected chi connectivity index (χ1v) is 5.94. The minimum absolute atomic E-state index is 0.257. The van der Waals surface area contributed by atoms with Gasteiger partial charge in [-0.15, -0.1) is 0 Å². The topological polar surface area (TPSA) is 58.2 Å². The summed E-state index contributed by atoms with van der Waals surface area (Å²) in [6, 6.07) is 0. The number of rotatable bonds is 2. The molecule has 0 saturated carbocycles. The summed E-state index contributed by atoms with van der Waals surface area (Å²) >= 11 is 0. The highest BCUT2D eigenvalue weighted by molar-refractivity contribution is 7.99. The Bertz CT molecular complexity index is 220. The average Bonchev–Trinajstić information content (AvgIpc) is 1.48. The Labute approximate surface area is 74.8 Å². The highest BCUT2D eigenvalue weighted by atomic mass is 32.3. The zero-order chi connectivity index (χ0) is 9.99. The van der Waals surface area contributed by atoms with Crippen molar-refractivity contribution in [3.8, 4) is 0 Å². The molecule has 0 radical (unpaired) electrons. The van der Waals surface area contributed by atoms with Gasteiger partial charge in [-0.25, -0.2) is 4.72 Å². The summed E-state index contributed by atoms with van der Waals surface area (Å²) in [5.41, 5.74) is -0.257. The summed E-state index contributed by atoms with van der Waals surface area (Å²) in [4.78, 5) is 10.6. The van der Waals surface area contributed by atoms with Gasteiger partial charge >= 0.3 is 0 Å². The molecular weight excluding hydrogens is 176 g/mol. The fourth-order valence-electron chi connectivity index (χ4n) is 0.968. The molecule has 0 aliphatic carbocycles. The maximum atomic E-state index is 11.6. The van der Waals surface area contributed by atoms with E-state index >= 15 is 0 Å². The van der Waals surface area contributed by atoms with Gasteiger partial charge in [0.25, 0.3) is 0 Å². The highest BCUT2D eigenvalue weighted by Gasteiger charge is 2.17. The van der Waals surface area contributed by atoms with Crippen LogP contribution in [-0.2, 0) is 15.1 Å². The second kappa shape index (κ2) is 3.53. The molecule has 74 valence electrons. The Morgan fingerprint density at radius 1 is 1.33 bits per heavy atom.